The van der Waals surface area contributed by atoms with E-state index in [-0.39, 0.29) is 27.2 Å². The molecule has 0 saturated heterocycles. The minimum atomic E-state index is 0.0391. The van der Waals surface area contributed by atoms with Crippen LogP contribution >= 0.6 is 34.4 Å². The molecule has 0 aromatic heterocycles. The summed E-state index contributed by atoms with van der Waals surface area (Å²) in [5, 5.41) is 0. The Morgan fingerprint density at radius 3 is 3.21 bits per heavy atom. The zero-order valence-corrected chi connectivity index (χ0v) is 16.0. The normalized spacial score (nSPS) is 21.4. The number of nitrogens with zero attached hydrogens (tertiary/aromatic N) is 2. The van der Waals surface area contributed by atoms with E-state index in [1.807, 2.05) is 18.0 Å². The Balaban J connectivity index is 1.86. The van der Waals surface area contributed by atoms with Crippen LogP contribution in [-0.2, 0) is 0 Å². The van der Waals surface area contributed by atoms with Crippen LogP contribution in [0, 0.1) is 0 Å². The monoisotopic (exact) mass is 499 g/mol. The van der Waals surface area contributed by atoms with Crippen molar-refractivity contribution >= 4 is 37.4 Å². The Kier molecular flexibility index (Phi) is 6.48. The predicted octanol–water partition coefficient (Wildman–Crippen LogP) is 0.785. The molecule has 1 atom stereocenters. The summed E-state index contributed by atoms with van der Waals surface area (Å²) in [5.41, 5.74) is 1.32. The average Bonchev–Trinajstić information content (AvgIpc) is 2.68. The van der Waals surface area contributed by atoms with Gasteiger partial charge >= 0.3 is 145 Å². The van der Waals surface area contributed by atoms with Crippen LogP contribution in [-0.4, -0.2) is 29.5 Å². The van der Waals surface area contributed by atoms with Crippen LogP contribution in [0.4, 0.5) is 0 Å². The zero-order chi connectivity index (χ0) is 13.7. The molecule has 5 heteroatoms. The molecule has 1 heterocycles. The van der Waals surface area contributed by atoms with Crippen molar-refractivity contribution in [1.29, 1.82) is 0 Å². The number of hydrogen-bond donors (Lipinski definition) is 0. The van der Waals surface area contributed by atoms with E-state index in [1.54, 1.807) is 0 Å². The molecule has 0 saturated carbocycles. The molecule has 104 valence electrons. The number of fused-ring (bicyclic) bond motifs is 1. The summed E-state index contributed by atoms with van der Waals surface area (Å²) in [7, 11) is 0. The van der Waals surface area contributed by atoms with Gasteiger partial charge in [-0.15, -0.1) is 0 Å². The molecule has 0 bridgehead atoms. The first-order valence-electron chi connectivity index (χ1n) is 6.07. The molecular weight excluding hydrogens is 482 g/mol. The summed E-state index contributed by atoms with van der Waals surface area (Å²) in [5.74, 6) is 0. The van der Waals surface area contributed by atoms with Gasteiger partial charge in [-0.1, -0.05) is 0 Å². The van der Waals surface area contributed by atoms with Crippen molar-refractivity contribution in [3.63, 3.8) is 0 Å². The van der Waals surface area contributed by atoms with Gasteiger partial charge in [0.2, 0.25) is 0 Å². The standard InChI is InChI=1S/C14H17I2N2S/c1-3-18(10-15)8-7-16-14-17-12-6-4-5-11(2)9-13(12)19-14/h3-6,9,12H,1,7-8,10H2,2H3/q-1. The fourth-order valence-electron chi connectivity index (χ4n) is 1.69. The van der Waals surface area contributed by atoms with E-state index in [2.05, 4.69) is 65.3 Å². The quantitative estimate of drug-likeness (QED) is 0.305. The van der Waals surface area contributed by atoms with Crippen molar-refractivity contribution in [2.24, 2.45) is 4.99 Å². The maximum atomic E-state index is 4.85. The third-order valence-corrected chi connectivity index (χ3v) is 7.84. The summed E-state index contributed by atoms with van der Waals surface area (Å²) in [6.45, 7) is 7.09. The van der Waals surface area contributed by atoms with Gasteiger partial charge in [0.25, 0.3) is 0 Å². The Morgan fingerprint density at radius 1 is 1.63 bits per heavy atom. The van der Waals surface area contributed by atoms with E-state index in [0.717, 1.165) is 11.1 Å². The van der Waals surface area contributed by atoms with Gasteiger partial charge in [0.15, 0.2) is 0 Å². The molecular formula is C14H17I2N2S-. The Hall–Kier alpha value is 0.240. The van der Waals surface area contributed by atoms with Crippen LogP contribution in [0.5, 0.6) is 0 Å². The first-order chi connectivity index (χ1) is 9.22. The number of hydrogen-bond acceptors (Lipinski definition) is 3. The van der Waals surface area contributed by atoms with Crippen molar-refractivity contribution in [3.05, 3.63) is 47.6 Å². The van der Waals surface area contributed by atoms with Gasteiger partial charge < -0.3 is 0 Å². The van der Waals surface area contributed by atoms with Crippen LogP contribution in [0.2, 0.25) is 0 Å². The van der Waals surface area contributed by atoms with E-state index in [1.165, 1.54) is 18.0 Å². The number of halogens is 2. The third kappa shape index (κ3) is 4.63. The first kappa shape index (κ1) is 15.6. The number of rotatable bonds is 6. The molecule has 2 rings (SSSR count). The number of allylic oxidation sites excluding steroid dienone is 4. The van der Waals surface area contributed by atoms with E-state index >= 15 is 0 Å². The molecule has 0 N–H and O–H groups in total. The Labute approximate surface area is 143 Å². The van der Waals surface area contributed by atoms with Crippen LogP contribution in [0.1, 0.15) is 6.92 Å². The Bertz CT molecular complexity index is 466. The van der Waals surface area contributed by atoms with Gasteiger partial charge in [-0.3, -0.25) is 0 Å². The summed E-state index contributed by atoms with van der Waals surface area (Å²) in [4.78, 5) is 8.50. The van der Waals surface area contributed by atoms with Crippen LogP contribution in [0.3, 0.4) is 0 Å². The predicted molar refractivity (Wildman–Crippen MR) is 90.5 cm³/mol. The molecule has 2 nitrogen and oxygen atoms in total. The van der Waals surface area contributed by atoms with Crippen molar-refractivity contribution in [3.8, 4) is 0 Å². The number of thioether (sulfide) groups is 1. The fourth-order valence-corrected chi connectivity index (χ4v) is 6.79. The molecule has 0 radical (unpaired) electrons. The van der Waals surface area contributed by atoms with Crippen LogP contribution < -0.4 is 21.2 Å². The SMILES string of the molecule is C=CN(CI)CC[I-]C1=NC2C=CC=C(C)C=C2S1. The summed E-state index contributed by atoms with van der Waals surface area (Å²) >= 11 is 4.32. The van der Waals surface area contributed by atoms with Crippen LogP contribution in [0.15, 0.2) is 52.6 Å². The van der Waals surface area contributed by atoms with Crippen molar-refractivity contribution in [2.45, 2.75) is 13.0 Å². The van der Waals surface area contributed by atoms with Gasteiger partial charge in [-0.05, 0) is 0 Å². The second kappa shape index (κ2) is 7.87. The van der Waals surface area contributed by atoms with Gasteiger partial charge in [-0.2, -0.15) is 0 Å². The van der Waals surface area contributed by atoms with Crippen molar-refractivity contribution in [1.82, 2.24) is 4.90 Å². The summed E-state index contributed by atoms with van der Waals surface area (Å²) < 4.78 is 3.65. The van der Waals surface area contributed by atoms with Gasteiger partial charge in [0.1, 0.15) is 0 Å². The number of aliphatic imine (C=N–C) groups is 1. The van der Waals surface area contributed by atoms with Gasteiger partial charge in [-0.25, -0.2) is 0 Å². The van der Waals surface area contributed by atoms with Gasteiger partial charge in [0, 0.05) is 0 Å². The molecule has 1 aliphatic heterocycles. The molecule has 1 unspecified atom stereocenters. The first-order valence-corrected chi connectivity index (χ1v) is 11.0. The molecule has 0 aromatic rings. The molecule has 0 aromatic carbocycles. The topological polar surface area (TPSA) is 15.6 Å². The molecule has 2 aliphatic rings. The molecule has 19 heavy (non-hydrogen) atoms. The Morgan fingerprint density at radius 2 is 2.47 bits per heavy atom. The second-order valence-corrected chi connectivity index (χ2v) is 9.55. The third-order valence-electron chi connectivity index (χ3n) is 2.75. The minimum absolute atomic E-state index is 0.0391. The second-order valence-electron chi connectivity index (χ2n) is 4.21. The van der Waals surface area contributed by atoms with E-state index in [9.17, 15) is 0 Å². The molecule has 0 fully saturated rings. The number of alkyl halides is 2. The molecule has 0 amide bonds. The van der Waals surface area contributed by atoms with E-state index < -0.39 is 0 Å². The summed E-state index contributed by atoms with van der Waals surface area (Å²) in [6, 6.07) is 0.286. The van der Waals surface area contributed by atoms with Gasteiger partial charge in [0.05, 0.1) is 0 Å². The fraction of sp³-hybridized carbons (Fsp3) is 0.357. The zero-order valence-electron chi connectivity index (χ0n) is 10.9. The van der Waals surface area contributed by atoms with E-state index in [4.69, 9.17) is 4.99 Å². The van der Waals surface area contributed by atoms with Crippen LogP contribution in [0.25, 0.3) is 0 Å². The summed E-state index contributed by atoms with van der Waals surface area (Å²) in [6.07, 6.45) is 10.7. The van der Waals surface area contributed by atoms with E-state index in [0.29, 0.717) is 0 Å². The molecule has 1 aliphatic carbocycles. The van der Waals surface area contributed by atoms with Crippen molar-refractivity contribution in [2.75, 3.05) is 15.5 Å². The average molecular weight is 499 g/mol. The maximum absolute atomic E-state index is 4.85. The molecule has 0 spiro atoms. The van der Waals surface area contributed by atoms with Crippen molar-refractivity contribution < 1.29 is 21.2 Å².